The second kappa shape index (κ2) is 3.21. The highest BCUT2D eigenvalue weighted by molar-refractivity contribution is 6.64. The van der Waals surface area contributed by atoms with E-state index in [0.29, 0.717) is 11.8 Å². The Balaban J connectivity index is 2.23. The third-order valence-corrected chi connectivity index (χ3v) is 4.69. The quantitative estimate of drug-likeness (QED) is 0.719. The molecule has 0 radical (unpaired) electrons. The highest BCUT2D eigenvalue weighted by Crippen LogP contribution is 2.60. The molecule has 0 aliphatic heterocycles. The number of carbonyl (C=O) groups excluding carboxylic acids is 1. The summed E-state index contributed by atoms with van der Waals surface area (Å²) < 4.78 is 0. The molecule has 14 heavy (non-hydrogen) atoms. The maximum absolute atomic E-state index is 11.0. The van der Waals surface area contributed by atoms with Gasteiger partial charge in [0.05, 0.1) is 0 Å². The summed E-state index contributed by atoms with van der Waals surface area (Å²) in [6.07, 6.45) is 2.61. The van der Waals surface area contributed by atoms with Crippen molar-refractivity contribution in [1.29, 1.82) is 0 Å². The van der Waals surface area contributed by atoms with E-state index in [2.05, 4.69) is 13.8 Å². The Labute approximate surface area is 89.6 Å². The Bertz CT molecular complexity index is 262. The first-order valence-corrected chi connectivity index (χ1v) is 5.69. The maximum Gasteiger partial charge on any atom is 0.250 e. The molecule has 0 saturated heterocycles. The van der Waals surface area contributed by atoms with Gasteiger partial charge in [0.1, 0.15) is 6.10 Å². The van der Waals surface area contributed by atoms with Gasteiger partial charge in [-0.25, -0.2) is 0 Å². The Hall–Kier alpha value is -0.0800. The average Bonchev–Trinajstić information content (AvgIpc) is 2.60. The molecule has 2 aliphatic rings. The minimum Gasteiger partial charge on any atom is -0.384 e. The van der Waals surface area contributed by atoms with E-state index in [1.165, 1.54) is 12.8 Å². The van der Waals surface area contributed by atoms with Gasteiger partial charge in [-0.2, -0.15) is 0 Å². The number of aliphatic hydroxyl groups is 1. The van der Waals surface area contributed by atoms with Gasteiger partial charge >= 0.3 is 0 Å². The second-order valence-electron chi connectivity index (χ2n) is 5.37. The van der Waals surface area contributed by atoms with E-state index in [0.717, 1.165) is 6.42 Å². The fraction of sp³-hybridized carbons (Fsp3) is 0.909. The molecule has 2 aliphatic carbocycles. The SMILES string of the molecule is CC1(C)C2CCC(C2)C1C(O)C(=O)Cl. The van der Waals surface area contributed by atoms with Crippen LogP contribution in [0.1, 0.15) is 33.1 Å². The molecule has 3 heteroatoms. The lowest BCUT2D eigenvalue weighted by molar-refractivity contribution is -0.126. The van der Waals surface area contributed by atoms with Crippen LogP contribution in [0.15, 0.2) is 0 Å². The minimum absolute atomic E-state index is 0.0752. The first kappa shape index (κ1) is 10.4. The predicted octanol–water partition coefficient (Wildman–Crippen LogP) is 2.19. The zero-order chi connectivity index (χ0) is 10.5. The molecule has 2 nitrogen and oxygen atoms in total. The van der Waals surface area contributed by atoms with Gasteiger partial charge in [-0.15, -0.1) is 0 Å². The van der Waals surface area contributed by atoms with Gasteiger partial charge in [-0.05, 0) is 48.1 Å². The summed E-state index contributed by atoms with van der Waals surface area (Å²) in [7, 11) is 0. The molecule has 4 atom stereocenters. The van der Waals surface area contributed by atoms with Gasteiger partial charge in [-0.3, -0.25) is 4.79 Å². The van der Waals surface area contributed by atoms with Crippen LogP contribution in [-0.4, -0.2) is 16.5 Å². The number of halogens is 1. The molecule has 0 aromatic rings. The lowest BCUT2D eigenvalue weighted by Crippen LogP contribution is -2.41. The van der Waals surface area contributed by atoms with Crippen LogP contribution < -0.4 is 0 Å². The molecular weight excluding hydrogens is 200 g/mol. The van der Waals surface area contributed by atoms with Crippen molar-refractivity contribution in [3.8, 4) is 0 Å². The number of aliphatic hydroxyl groups excluding tert-OH is 1. The van der Waals surface area contributed by atoms with E-state index in [1.54, 1.807) is 0 Å². The summed E-state index contributed by atoms with van der Waals surface area (Å²) in [5, 5.41) is 9.22. The first-order chi connectivity index (χ1) is 6.44. The summed E-state index contributed by atoms with van der Waals surface area (Å²) in [6.45, 7) is 4.31. The maximum atomic E-state index is 11.0. The van der Waals surface area contributed by atoms with Crippen molar-refractivity contribution in [3.63, 3.8) is 0 Å². The molecule has 0 aromatic carbocycles. The molecule has 2 bridgehead atoms. The number of fused-ring (bicyclic) bond motifs is 2. The topological polar surface area (TPSA) is 37.3 Å². The van der Waals surface area contributed by atoms with Crippen LogP contribution in [0.2, 0.25) is 0 Å². The van der Waals surface area contributed by atoms with Gasteiger partial charge in [-0.1, -0.05) is 13.8 Å². The van der Waals surface area contributed by atoms with Crippen LogP contribution in [0.25, 0.3) is 0 Å². The molecule has 0 spiro atoms. The molecule has 4 unspecified atom stereocenters. The highest BCUT2D eigenvalue weighted by Gasteiger charge is 2.56. The van der Waals surface area contributed by atoms with Crippen molar-refractivity contribution in [1.82, 2.24) is 0 Å². The van der Waals surface area contributed by atoms with Crippen LogP contribution in [0.5, 0.6) is 0 Å². The summed E-state index contributed by atoms with van der Waals surface area (Å²) in [6, 6.07) is 0. The van der Waals surface area contributed by atoms with Crippen molar-refractivity contribution < 1.29 is 9.90 Å². The van der Waals surface area contributed by atoms with Gasteiger partial charge < -0.3 is 5.11 Å². The van der Waals surface area contributed by atoms with E-state index >= 15 is 0 Å². The molecule has 2 rings (SSSR count). The highest BCUT2D eigenvalue weighted by atomic mass is 35.5. The summed E-state index contributed by atoms with van der Waals surface area (Å²) >= 11 is 5.38. The standard InChI is InChI=1S/C11H17ClO2/c1-11(2)7-4-3-6(5-7)8(11)9(13)10(12)14/h6-9,13H,3-5H2,1-2H3. The minimum atomic E-state index is -0.957. The van der Waals surface area contributed by atoms with E-state index in [-0.39, 0.29) is 11.3 Å². The van der Waals surface area contributed by atoms with Crippen LogP contribution in [-0.2, 0) is 4.79 Å². The third kappa shape index (κ3) is 1.31. The zero-order valence-electron chi connectivity index (χ0n) is 8.66. The molecule has 0 aromatic heterocycles. The van der Waals surface area contributed by atoms with Crippen molar-refractivity contribution in [2.75, 3.05) is 0 Å². The summed E-state index contributed by atoms with van der Waals surface area (Å²) in [5.41, 5.74) is 0.0763. The summed E-state index contributed by atoms with van der Waals surface area (Å²) in [5.74, 6) is 1.25. The average molecular weight is 217 g/mol. The lowest BCUT2D eigenvalue weighted by atomic mass is 9.67. The first-order valence-electron chi connectivity index (χ1n) is 5.32. The molecular formula is C11H17ClO2. The van der Waals surface area contributed by atoms with Crippen molar-refractivity contribution in [2.45, 2.75) is 39.2 Å². The molecule has 0 heterocycles. The molecule has 0 amide bonds. The number of hydrogen-bond acceptors (Lipinski definition) is 2. The predicted molar refractivity (Wildman–Crippen MR) is 55.0 cm³/mol. The normalized spacial score (nSPS) is 41.3. The van der Waals surface area contributed by atoms with Crippen LogP contribution in [0, 0.1) is 23.2 Å². The molecule has 2 fully saturated rings. The number of hydrogen-bond donors (Lipinski definition) is 1. The van der Waals surface area contributed by atoms with E-state index in [4.69, 9.17) is 11.6 Å². The van der Waals surface area contributed by atoms with E-state index < -0.39 is 11.3 Å². The van der Waals surface area contributed by atoms with Crippen LogP contribution >= 0.6 is 11.6 Å². The van der Waals surface area contributed by atoms with Gasteiger partial charge in [0, 0.05) is 5.92 Å². The monoisotopic (exact) mass is 216 g/mol. The van der Waals surface area contributed by atoms with Gasteiger partial charge in [0.25, 0.3) is 5.24 Å². The van der Waals surface area contributed by atoms with E-state index in [1.807, 2.05) is 0 Å². The summed E-state index contributed by atoms with van der Waals surface area (Å²) in [4.78, 5) is 11.0. The van der Waals surface area contributed by atoms with E-state index in [9.17, 15) is 9.90 Å². The number of rotatable bonds is 2. The second-order valence-corrected chi connectivity index (χ2v) is 5.74. The Morgan fingerprint density at radius 1 is 1.50 bits per heavy atom. The Morgan fingerprint density at radius 2 is 2.14 bits per heavy atom. The van der Waals surface area contributed by atoms with Crippen LogP contribution in [0.4, 0.5) is 0 Å². The fourth-order valence-corrected chi connectivity index (χ4v) is 3.84. The zero-order valence-corrected chi connectivity index (χ0v) is 9.42. The third-order valence-electron chi connectivity index (χ3n) is 4.47. The molecule has 80 valence electrons. The Kier molecular flexibility index (Phi) is 2.39. The smallest absolute Gasteiger partial charge is 0.250 e. The Morgan fingerprint density at radius 3 is 2.57 bits per heavy atom. The van der Waals surface area contributed by atoms with Crippen molar-refractivity contribution >= 4 is 16.8 Å². The fourth-order valence-electron chi connectivity index (χ4n) is 3.70. The van der Waals surface area contributed by atoms with Crippen molar-refractivity contribution in [3.05, 3.63) is 0 Å². The van der Waals surface area contributed by atoms with Gasteiger partial charge in [0.2, 0.25) is 0 Å². The largest absolute Gasteiger partial charge is 0.384 e. The molecule has 1 N–H and O–H groups in total. The van der Waals surface area contributed by atoms with Crippen LogP contribution in [0.3, 0.4) is 0 Å². The van der Waals surface area contributed by atoms with Crippen molar-refractivity contribution in [2.24, 2.45) is 23.2 Å². The van der Waals surface area contributed by atoms with Gasteiger partial charge in [0.15, 0.2) is 0 Å². The number of carbonyl (C=O) groups is 1. The lowest BCUT2D eigenvalue weighted by Gasteiger charge is -2.39. The molecule has 2 saturated carbocycles.